The summed E-state index contributed by atoms with van der Waals surface area (Å²) >= 11 is 0. The van der Waals surface area contributed by atoms with E-state index in [4.69, 9.17) is 34.4 Å². The molecular weight excluding hydrogens is 1260 g/mol. The zero-order valence-corrected chi connectivity index (χ0v) is 57.2. The molecule has 5 heterocycles. The molecule has 2 aliphatic rings. The number of carbonyl (C=O) groups excluding carboxylic acids is 7. The molecule has 2 aromatic carbocycles. The largest absolute Gasteiger partial charge is 0.510 e. The number of sulfonamides is 1. The predicted molar refractivity (Wildman–Crippen MR) is 359 cm³/mol. The van der Waals surface area contributed by atoms with Gasteiger partial charge in [-0.2, -0.15) is 4.31 Å². The van der Waals surface area contributed by atoms with Gasteiger partial charge in [-0.3, -0.25) is 24.0 Å². The summed E-state index contributed by atoms with van der Waals surface area (Å²) in [6.45, 7) is 14.9. The number of benzene rings is 2. The van der Waals surface area contributed by atoms with Gasteiger partial charge in [0.05, 0.1) is 54.0 Å². The number of nitrogens with zero attached hydrogens (tertiary/aromatic N) is 5. The second-order valence-corrected chi connectivity index (χ2v) is 29.1. The lowest BCUT2D eigenvalue weighted by molar-refractivity contribution is -0.175. The lowest BCUT2D eigenvalue weighted by Crippen LogP contribution is -2.47. The number of urea groups is 1. The van der Waals surface area contributed by atoms with Crippen LogP contribution in [-0.2, 0) is 89.5 Å². The van der Waals surface area contributed by atoms with Gasteiger partial charge in [-0.25, -0.2) is 37.8 Å². The van der Waals surface area contributed by atoms with Crippen LogP contribution in [0.5, 0.6) is 0 Å². The highest BCUT2D eigenvalue weighted by Crippen LogP contribution is 2.42. The Balaban J connectivity index is 0.863. The van der Waals surface area contributed by atoms with Crippen LogP contribution < -0.4 is 37.9 Å². The number of fused-ring (bicyclic) bond motifs is 5. The second-order valence-electron chi connectivity index (χ2n) is 25.2. The number of carbonyl (C=O) groups is 7. The number of ether oxygens (including phenoxy) is 5. The number of amides is 6. The zero-order chi connectivity index (χ0) is 69.3. The van der Waals surface area contributed by atoms with Crippen LogP contribution in [0.25, 0.3) is 22.3 Å². The van der Waals surface area contributed by atoms with Crippen LogP contribution in [0.15, 0.2) is 76.9 Å². The molecule has 26 nitrogen and oxygen atoms in total. The number of primary amides is 1. The normalized spacial score (nSPS) is 14.9. The van der Waals surface area contributed by atoms with Crippen molar-refractivity contribution in [1.82, 2.24) is 45.1 Å². The number of nitrogens with one attached hydrogen (secondary N) is 5. The monoisotopic (exact) mass is 1350 g/mol. The van der Waals surface area contributed by atoms with E-state index >= 15 is 0 Å². The molecule has 0 spiro atoms. The molecule has 2 aliphatic heterocycles. The van der Waals surface area contributed by atoms with Gasteiger partial charge in [-0.15, -0.1) is 10.5 Å². The van der Waals surface area contributed by atoms with Gasteiger partial charge in [-0.05, 0) is 94.5 Å². The van der Waals surface area contributed by atoms with Crippen molar-refractivity contribution >= 4 is 84.2 Å². The van der Waals surface area contributed by atoms with Crippen molar-refractivity contribution in [1.29, 1.82) is 0 Å². The molecule has 3 aromatic heterocycles. The first-order valence-electron chi connectivity index (χ1n) is 31.4. The van der Waals surface area contributed by atoms with E-state index in [1.54, 1.807) is 51.4 Å². The van der Waals surface area contributed by atoms with Crippen molar-refractivity contribution in [3.8, 4) is 23.2 Å². The minimum absolute atomic E-state index is 0.0703. The molecular formula is C67H87N11O15S2. The summed E-state index contributed by atoms with van der Waals surface area (Å²) in [4.78, 5) is 119. The van der Waals surface area contributed by atoms with E-state index in [1.165, 1.54) is 27.3 Å². The molecule has 7 rings (SSSR count). The quantitative estimate of drug-likeness (QED) is 0.00936. The second kappa shape index (κ2) is 33.2. The number of hydrogen-bond donors (Lipinski definition) is 6. The molecule has 5 aromatic rings. The third-order valence-corrected chi connectivity index (χ3v) is 18.9. The van der Waals surface area contributed by atoms with Crippen molar-refractivity contribution in [3.63, 3.8) is 0 Å². The Morgan fingerprint density at radius 1 is 0.905 bits per heavy atom. The Morgan fingerprint density at radius 3 is 2.23 bits per heavy atom. The van der Waals surface area contributed by atoms with Crippen LogP contribution in [0.1, 0.15) is 127 Å². The molecule has 28 heteroatoms. The Kier molecular flexibility index (Phi) is 25.8. The average Bonchev–Trinajstić information content (AvgIpc) is 1.65. The summed E-state index contributed by atoms with van der Waals surface area (Å²) in [7, 11) is -3.66. The van der Waals surface area contributed by atoms with Crippen LogP contribution >= 0.6 is 10.5 Å². The topological polar surface area (TPSA) is 350 Å². The standard InChI is InChI=1S/C67H87N11O15S2/c1-11-67(51-31-54-58-49(34-77(54)60(83)50(51)36-91-61(67)84)47(48-20-16-17-21-52(48)76-58)28-30-78(43(3)4)95(10,87)88)93-64(86)92-35-44-24-26-46(27-25-44)74-59(82)53(22-18-29-69-62(68)85)75-57(81)38-89-37-56(80)73-40-66(7,8)42-90-41-65(5,6)39-72-55(79)23-15-13-14-19-45-32-70-63(71-33-45)94(9)12-2/h12,16-17,20-21,24-27,31-33,43,53H,11,13,15,18,22-23,28-30,34-42H2,1-10H3,(H,72,79)(H,73,80)(H,74,82)(H,75,81)(H3,68,69,85)/t53-,67-,94?/m0/s1. The fraction of sp³-hybridized carbons (Fsp3) is 0.493. The number of para-hydroxylation sites is 1. The number of aromatic nitrogens is 4. The van der Waals surface area contributed by atoms with E-state index in [1.807, 2.05) is 58.9 Å². The molecule has 1 unspecified atom stereocenters. The molecule has 3 atom stereocenters. The molecule has 0 fully saturated rings. The Hall–Kier alpha value is -8.62. The first-order chi connectivity index (χ1) is 45.0. The van der Waals surface area contributed by atoms with Crippen molar-refractivity contribution in [2.24, 2.45) is 16.6 Å². The van der Waals surface area contributed by atoms with Crippen LogP contribution in [0.4, 0.5) is 15.3 Å². The maximum atomic E-state index is 14.4. The average molecular weight is 1350 g/mol. The molecule has 0 saturated carbocycles. The fourth-order valence-electron chi connectivity index (χ4n) is 10.7. The third kappa shape index (κ3) is 20.4. The summed E-state index contributed by atoms with van der Waals surface area (Å²) in [6, 6.07) is 13.1. The van der Waals surface area contributed by atoms with E-state index in [-0.39, 0.29) is 97.6 Å². The number of esters is 1. The highest BCUT2D eigenvalue weighted by Gasteiger charge is 2.51. The summed E-state index contributed by atoms with van der Waals surface area (Å²) in [5.41, 5.74) is 6.55. The zero-order valence-electron chi connectivity index (χ0n) is 55.6. The van der Waals surface area contributed by atoms with E-state index in [0.29, 0.717) is 73.6 Å². The van der Waals surface area contributed by atoms with Gasteiger partial charge < -0.3 is 60.6 Å². The minimum Gasteiger partial charge on any atom is -0.457 e. The van der Waals surface area contributed by atoms with Crippen LogP contribution in [-0.4, -0.2) is 157 Å². The Bertz CT molecular complexity index is 3920. The minimum atomic E-state index is -3.55. The van der Waals surface area contributed by atoms with E-state index < -0.39 is 81.7 Å². The number of pyridine rings is 2. The van der Waals surface area contributed by atoms with Crippen LogP contribution in [0.3, 0.4) is 0 Å². The van der Waals surface area contributed by atoms with Crippen LogP contribution in [0.2, 0.25) is 0 Å². The molecule has 7 N–H and O–H groups in total. The van der Waals surface area contributed by atoms with Gasteiger partial charge in [0.1, 0.15) is 32.5 Å². The van der Waals surface area contributed by atoms with Crippen molar-refractivity contribution in [2.75, 3.05) is 70.4 Å². The highest BCUT2D eigenvalue weighted by atomic mass is 32.2. The SMILES string of the molecule is C/C=S(/C)c1ncc(C#CCCCC(=O)NCC(C)(C)COCC(C)(C)CNC(=O)COCC(=O)N[C@@H](CCCNC(N)=O)C(=O)Nc2ccc(COC(=O)O[C@]3(CC)C(=O)OCc4c3cc3n(c4=O)Cc4c-3nc3ccccc3c4CCN(C(C)C)S(C)(=O)=O)cc2)cn1. The van der Waals surface area contributed by atoms with Crippen molar-refractivity contribution < 1.29 is 65.7 Å². The van der Waals surface area contributed by atoms with Gasteiger partial charge in [0.25, 0.3) is 5.56 Å². The lowest BCUT2D eigenvalue weighted by Gasteiger charge is -2.35. The Morgan fingerprint density at radius 2 is 1.58 bits per heavy atom. The van der Waals surface area contributed by atoms with Crippen molar-refractivity contribution in [2.45, 2.75) is 143 Å². The maximum absolute atomic E-state index is 14.4. The molecule has 6 amide bonds. The molecule has 512 valence electrons. The van der Waals surface area contributed by atoms with E-state index in [0.717, 1.165) is 27.2 Å². The number of rotatable bonds is 32. The Labute approximate surface area is 556 Å². The van der Waals surface area contributed by atoms with Gasteiger partial charge in [-0.1, -0.05) is 82.2 Å². The highest BCUT2D eigenvalue weighted by molar-refractivity contribution is 8.14. The fourth-order valence-corrected chi connectivity index (χ4v) is 12.6. The smallest absolute Gasteiger partial charge is 0.457 e. The number of hydrogen-bond acceptors (Lipinski definition) is 18. The number of anilines is 1. The number of nitrogens with two attached hydrogens (primary N) is 1. The van der Waals surface area contributed by atoms with Crippen molar-refractivity contribution in [3.05, 3.63) is 111 Å². The third-order valence-electron chi connectivity index (χ3n) is 15.9. The number of cyclic esters (lactones) is 1. The molecule has 0 aliphatic carbocycles. The maximum Gasteiger partial charge on any atom is 0.510 e. The molecule has 0 bridgehead atoms. The summed E-state index contributed by atoms with van der Waals surface area (Å²) in [6.07, 6.45) is 7.41. The van der Waals surface area contributed by atoms with Gasteiger partial charge >= 0.3 is 18.2 Å². The summed E-state index contributed by atoms with van der Waals surface area (Å²) < 4.78 is 56.9. The first-order valence-corrected chi connectivity index (χ1v) is 34.9. The van der Waals surface area contributed by atoms with Gasteiger partial charge in [0.15, 0.2) is 5.16 Å². The lowest BCUT2D eigenvalue weighted by atomic mass is 9.85. The van der Waals surface area contributed by atoms with E-state index in [9.17, 15) is 46.8 Å². The summed E-state index contributed by atoms with van der Waals surface area (Å²) in [5.74, 6) is 3.36. The van der Waals surface area contributed by atoms with Crippen LogP contribution in [0, 0.1) is 22.7 Å². The van der Waals surface area contributed by atoms with E-state index in [2.05, 4.69) is 60.0 Å². The molecule has 95 heavy (non-hydrogen) atoms. The predicted octanol–water partition coefficient (Wildman–Crippen LogP) is 5.93. The van der Waals surface area contributed by atoms with Gasteiger partial charge in [0.2, 0.25) is 39.3 Å². The molecule has 0 saturated heterocycles. The first kappa shape index (κ1) is 73.8. The molecule has 0 radical (unpaired) electrons. The number of unbranched alkanes of at least 4 members (excludes halogenated alkanes) is 1. The van der Waals surface area contributed by atoms with Gasteiger partial charge in [0, 0.05) is 90.5 Å². The summed E-state index contributed by atoms with van der Waals surface area (Å²) in [5, 5.41) is 17.2.